The van der Waals surface area contributed by atoms with Gasteiger partial charge in [0.2, 0.25) is 15.9 Å². The summed E-state index contributed by atoms with van der Waals surface area (Å²) in [6.45, 7) is 0.378. The fourth-order valence-corrected chi connectivity index (χ4v) is 3.68. The molecule has 1 fully saturated rings. The number of carbonyl (C=O) groups excluding carboxylic acids is 1. The van der Waals surface area contributed by atoms with Crippen molar-refractivity contribution in [1.82, 2.24) is 10.0 Å². The van der Waals surface area contributed by atoms with Crippen molar-refractivity contribution in [2.45, 2.75) is 38.3 Å². The third kappa shape index (κ3) is 6.29. The predicted octanol–water partition coefficient (Wildman–Crippen LogP) is 0.740. The van der Waals surface area contributed by atoms with Gasteiger partial charge in [0, 0.05) is 25.0 Å². The molecule has 1 amide bonds. The molecule has 0 aromatic heterocycles. The molecule has 0 spiro atoms. The number of rotatable bonds is 7. The van der Waals surface area contributed by atoms with Crippen LogP contribution in [0.25, 0.3) is 0 Å². The van der Waals surface area contributed by atoms with Crippen LogP contribution < -0.4 is 15.8 Å². The Balaban J connectivity index is 1.70. The highest BCUT2D eigenvalue weighted by molar-refractivity contribution is 7.89. The van der Waals surface area contributed by atoms with Crippen LogP contribution in [-0.4, -0.2) is 32.7 Å². The van der Waals surface area contributed by atoms with Crippen LogP contribution in [0.4, 0.5) is 0 Å². The Morgan fingerprint density at radius 1 is 1.22 bits per heavy atom. The van der Waals surface area contributed by atoms with E-state index in [0.717, 1.165) is 24.8 Å². The Kier molecular flexibility index (Phi) is 6.56. The second-order valence-corrected chi connectivity index (χ2v) is 7.97. The molecule has 0 radical (unpaired) electrons. The van der Waals surface area contributed by atoms with Crippen molar-refractivity contribution < 1.29 is 13.2 Å². The molecule has 1 saturated carbocycles. The number of sulfonamides is 1. The van der Waals surface area contributed by atoms with E-state index in [1.165, 1.54) is 0 Å². The van der Waals surface area contributed by atoms with Crippen LogP contribution in [0.5, 0.6) is 0 Å². The minimum Gasteiger partial charge on any atom is -0.355 e. The lowest BCUT2D eigenvalue weighted by Crippen LogP contribution is -2.40. The van der Waals surface area contributed by atoms with Gasteiger partial charge in [-0.3, -0.25) is 4.79 Å². The lowest BCUT2D eigenvalue weighted by Gasteiger charge is -2.25. The summed E-state index contributed by atoms with van der Waals surface area (Å²) in [4.78, 5) is 12.0. The molecule has 1 aliphatic rings. The molecule has 4 N–H and O–H groups in total. The molecule has 1 aliphatic carbocycles. The molecule has 128 valence electrons. The highest BCUT2D eigenvalue weighted by Gasteiger charge is 2.25. The summed E-state index contributed by atoms with van der Waals surface area (Å²) in [5.74, 6) is -0.290. The average molecular weight is 339 g/mol. The lowest BCUT2D eigenvalue weighted by molar-refractivity contribution is -0.125. The average Bonchev–Trinajstić information content (AvgIpc) is 2.54. The molecule has 2 unspecified atom stereocenters. The van der Waals surface area contributed by atoms with Crippen LogP contribution in [0, 0.1) is 5.92 Å². The van der Waals surface area contributed by atoms with Crippen molar-refractivity contribution in [2.24, 2.45) is 11.7 Å². The van der Waals surface area contributed by atoms with Gasteiger partial charge in [-0.2, -0.15) is 0 Å². The summed E-state index contributed by atoms with van der Waals surface area (Å²) >= 11 is 0. The maximum atomic E-state index is 12.0. The second kappa shape index (κ2) is 8.42. The second-order valence-electron chi connectivity index (χ2n) is 6.04. The van der Waals surface area contributed by atoms with Crippen LogP contribution in [0.15, 0.2) is 30.3 Å². The molecule has 0 bridgehead atoms. The molecule has 0 heterocycles. The van der Waals surface area contributed by atoms with Crippen LogP contribution in [-0.2, 0) is 21.4 Å². The third-order valence-corrected chi connectivity index (χ3v) is 5.42. The van der Waals surface area contributed by atoms with Gasteiger partial charge in [-0.05, 0) is 24.8 Å². The highest BCUT2D eigenvalue weighted by atomic mass is 32.2. The monoisotopic (exact) mass is 339 g/mol. The van der Waals surface area contributed by atoms with Crippen molar-refractivity contribution >= 4 is 15.9 Å². The van der Waals surface area contributed by atoms with E-state index in [-0.39, 0.29) is 36.7 Å². The fraction of sp³-hybridized carbons (Fsp3) is 0.562. The van der Waals surface area contributed by atoms with E-state index in [1.54, 1.807) is 0 Å². The first kappa shape index (κ1) is 17.9. The molecule has 2 atom stereocenters. The molecule has 23 heavy (non-hydrogen) atoms. The molecule has 2 rings (SSSR count). The van der Waals surface area contributed by atoms with Crippen molar-refractivity contribution in [3.05, 3.63) is 35.9 Å². The Morgan fingerprint density at radius 3 is 2.65 bits per heavy atom. The van der Waals surface area contributed by atoms with E-state index in [4.69, 9.17) is 5.73 Å². The van der Waals surface area contributed by atoms with Gasteiger partial charge in [-0.15, -0.1) is 0 Å². The first-order valence-electron chi connectivity index (χ1n) is 8.01. The minimum absolute atomic E-state index is 0.0794. The first-order chi connectivity index (χ1) is 11.0. The SMILES string of the molecule is NC1CCCC(C(=O)NCCS(=O)(=O)NCc2ccccc2)C1. The van der Waals surface area contributed by atoms with E-state index in [9.17, 15) is 13.2 Å². The van der Waals surface area contributed by atoms with E-state index < -0.39 is 10.0 Å². The summed E-state index contributed by atoms with van der Waals surface area (Å²) in [5, 5.41) is 2.71. The maximum absolute atomic E-state index is 12.0. The van der Waals surface area contributed by atoms with Crippen molar-refractivity contribution in [3.63, 3.8) is 0 Å². The number of benzene rings is 1. The number of hydrogen-bond donors (Lipinski definition) is 3. The highest BCUT2D eigenvalue weighted by Crippen LogP contribution is 2.22. The van der Waals surface area contributed by atoms with Gasteiger partial charge >= 0.3 is 0 Å². The summed E-state index contributed by atoms with van der Waals surface area (Å²) < 4.78 is 26.4. The van der Waals surface area contributed by atoms with Gasteiger partial charge in [-0.25, -0.2) is 13.1 Å². The zero-order valence-corrected chi connectivity index (χ0v) is 14.0. The smallest absolute Gasteiger partial charge is 0.223 e. The molecule has 6 nitrogen and oxygen atoms in total. The zero-order valence-electron chi connectivity index (χ0n) is 13.2. The fourth-order valence-electron chi connectivity index (χ4n) is 2.78. The number of hydrogen-bond acceptors (Lipinski definition) is 4. The van der Waals surface area contributed by atoms with E-state index >= 15 is 0 Å². The van der Waals surface area contributed by atoms with Crippen molar-refractivity contribution in [3.8, 4) is 0 Å². The van der Waals surface area contributed by atoms with Crippen LogP contribution in [0.1, 0.15) is 31.2 Å². The van der Waals surface area contributed by atoms with Crippen molar-refractivity contribution in [2.75, 3.05) is 12.3 Å². The summed E-state index contributed by atoms with van der Waals surface area (Å²) in [7, 11) is -3.41. The zero-order chi connectivity index (χ0) is 16.7. The maximum Gasteiger partial charge on any atom is 0.223 e. The summed E-state index contributed by atoms with van der Waals surface area (Å²) in [6, 6.07) is 9.39. The molecule has 7 heteroatoms. The lowest BCUT2D eigenvalue weighted by atomic mass is 9.85. The van der Waals surface area contributed by atoms with E-state index in [2.05, 4.69) is 10.0 Å². The molecule has 1 aromatic rings. The van der Waals surface area contributed by atoms with Gasteiger partial charge in [0.1, 0.15) is 0 Å². The first-order valence-corrected chi connectivity index (χ1v) is 9.66. The van der Waals surface area contributed by atoms with Crippen LogP contribution in [0.3, 0.4) is 0 Å². The Morgan fingerprint density at radius 2 is 1.96 bits per heavy atom. The topological polar surface area (TPSA) is 101 Å². The van der Waals surface area contributed by atoms with Crippen LogP contribution in [0.2, 0.25) is 0 Å². The van der Waals surface area contributed by atoms with Crippen LogP contribution >= 0.6 is 0 Å². The number of carbonyl (C=O) groups is 1. The molecule has 0 aliphatic heterocycles. The molecule has 1 aromatic carbocycles. The Hall–Kier alpha value is -1.44. The van der Waals surface area contributed by atoms with Crippen molar-refractivity contribution in [1.29, 1.82) is 0 Å². The number of nitrogens with two attached hydrogens (primary N) is 1. The van der Waals surface area contributed by atoms with Gasteiger partial charge < -0.3 is 11.1 Å². The molecular formula is C16H25N3O3S. The largest absolute Gasteiger partial charge is 0.355 e. The Labute approximate surface area is 137 Å². The normalized spacial score (nSPS) is 21.8. The predicted molar refractivity (Wildman–Crippen MR) is 90.0 cm³/mol. The summed E-state index contributed by atoms with van der Waals surface area (Å²) in [5.41, 5.74) is 6.77. The number of amides is 1. The van der Waals surface area contributed by atoms with Gasteiger partial charge in [0.25, 0.3) is 0 Å². The number of nitrogens with one attached hydrogen (secondary N) is 2. The third-order valence-electron chi connectivity index (χ3n) is 4.09. The minimum atomic E-state index is -3.41. The van der Waals surface area contributed by atoms with Gasteiger partial charge in [0.05, 0.1) is 5.75 Å². The van der Waals surface area contributed by atoms with E-state index in [1.807, 2.05) is 30.3 Å². The van der Waals surface area contributed by atoms with E-state index in [0.29, 0.717) is 6.42 Å². The summed E-state index contributed by atoms with van der Waals surface area (Å²) in [6.07, 6.45) is 3.43. The molecular weight excluding hydrogens is 314 g/mol. The van der Waals surface area contributed by atoms with Gasteiger partial charge in [-0.1, -0.05) is 36.8 Å². The van der Waals surface area contributed by atoms with Gasteiger partial charge in [0.15, 0.2) is 0 Å². The molecule has 0 saturated heterocycles. The quantitative estimate of drug-likeness (QED) is 0.682. The standard InChI is InChI=1S/C16H25N3O3S/c17-15-8-4-7-14(11-15)16(20)18-9-10-23(21,22)19-12-13-5-2-1-3-6-13/h1-3,5-6,14-15,19H,4,7-12,17H2,(H,18,20). The Bertz CT molecular complexity index is 604.